The molecule has 1 heterocycles. The quantitative estimate of drug-likeness (QED) is 0.449. The van der Waals surface area contributed by atoms with Gasteiger partial charge in [-0.05, 0) is 44.4 Å². The Kier molecular flexibility index (Phi) is 6.34. The van der Waals surface area contributed by atoms with Crippen molar-refractivity contribution in [1.82, 2.24) is 4.90 Å². The number of rotatable bonds is 8. The van der Waals surface area contributed by atoms with Gasteiger partial charge in [-0.1, -0.05) is 0 Å². The molecule has 23 heavy (non-hydrogen) atoms. The number of ether oxygens (including phenoxy) is 1. The van der Waals surface area contributed by atoms with Crippen molar-refractivity contribution in [2.24, 2.45) is 0 Å². The zero-order valence-electron chi connectivity index (χ0n) is 13.0. The van der Waals surface area contributed by atoms with Gasteiger partial charge in [-0.25, -0.2) is 0 Å². The standard InChI is InChI=1S/C16H22N2O5/c19-16(20)3-1-2-10-17-11-8-15(9-12-17)23-14-6-4-13(5-7-14)18(21)22/h4-7,15H,1-3,8-12H2,(H,19,20). The maximum absolute atomic E-state index is 10.6. The highest BCUT2D eigenvalue weighted by Crippen LogP contribution is 2.22. The summed E-state index contributed by atoms with van der Waals surface area (Å²) in [6.07, 6.45) is 3.81. The second-order valence-electron chi connectivity index (χ2n) is 5.76. The van der Waals surface area contributed by atoms with E-state index in [9.17, 15) is 14.9 Å². The molecular formula is C16H22N2O5. The lowest BCUT2D eigenvalue weighted by Gasteiger charge is -2.32. The molecule has 126 valence electrons. The third kappa shape index (κ3) is 5.86. The van der Waals surface area contributed by atoms with E-state index in [0.29, 0.717) is 12.2 Å². The number of nitrogens with zero attached hydrogens (tertiary/aromatic N) is 2. The highest BCUT2D eigenvalue weighted by Gasteiger charge is 2.20. The number of benzene rings is 1. The van der Waals surface area contributed by atoms with Crippen LogP contribution >= 0.6 is 0 Å². The SMILES string of the molecule is O=C(O)CCCCN1CCC(Oc2ccc([N+](=O)[O-])cc2)CC1. The molecule has 1 N–H and O–H groups in total. The molecule has 1 aromatic carbocycles. The molecule has 1 aliphatic rings. The van der Waals surface area contributed by atoms with Gasteiger partial charge in [0.1, 0.15) is 11.9 Å². The molecule has 1 aliphatic heterocycles. The number of carbonyl (C=O) groups is 1. The highest BCUT2D eigenvalue weighted by molar-refractivity contribution is 5.66. The van der Waals surface area contributed by atoms with Crippen LogP contribution in [0.1, 0.15) is 32.1 Å². The summed E-state index contributed by atoms with van der Waals surface area (Å²) in [5, 5.41) is 19.2. The van der Waals surface area contributed by atoms with Crippen LogP contribution in [0.4, 0.5) is 5.69 Å². The van der Waals surface area contributed by atoms with Gasteiger partial charge >= 0.3 is 5.97 Å². The molecule has 0 aromatic heterocycles. The van der Waals surface area contributed by atoms with Crippen LogP contribution in [0.15, 0.2) is 24.3 Å². The number of hydrogen-bond donors (Lipinski definition) is 1. The first-order chi connectivity index (χ1) is 11.0. The van der Waals surface area contributed by atoms with Crippen molar-refractivity contribution in [1.29, 1.82) is 0 Å². The van der Waals surface area contributed by atoms with Crippen LogP contribution in [0.3, 0.4) is 0 Å². The summed E-state index contributed by atoms with van der Waals surface area (Å²) in [6.45, 7) is 2.80. The van der Waals surface area contributed by atoms with E-state index in [1.54, 1.807) is 12.1 Å². The van der Waals surface area contributed by atoms with E-state index in [4.69, 9.17) is 9.84 Å². The molecule has 2 rings (SSSR count). The van der Waals surface area contributed by atoms with Crippen LogP contribution in [0.25, 0.3) is 0 Å². The maximum Gasteiger partial charge on any atom is 0.303 e. The third-order valence-electron chi connectivity index (χ3n) is 4.00. The minimum Gasteiger partial charge on any atom is -0.490 e. The Morgan fingerprint density at radius 3 is 2.48 bits per heavy atom. The van der Waals surface area contributed by atoms with Gasteiger partial charge in [-0.2, -0.15) is 0 Å². The van der Waals surface area contributed by atoms with Crippen molar-refractivity contribution in [2.45, 2.75) is 38.2 Å². The van der Waals surface area contributed by atoms with Crippen molar-refractivity contribution >= 4 is 11.7 Å². The molecule has 1 saturated heterocycles. The lowest BCUT2D eigenvalue weighted by atomic mass is 10.1. The van der Waals surface area contributed by atoms with Crippen LogP contribution in [0.5, 0.6) is 5.75 Å². The van der Waals surface area contributed by atoms with Gasteiger partial charge in [0.2, 0.25) is 0 Å². The summed E-state index contributed by atoms with van der Waals surface area (Å²) in [6, 6.07) is 6.17. The van der Waals surface area contributed by atoms with Gasteiger partial charge < -0.3 is 14.7 Å². The molecule has 0 spiro atoms. The number of carboxylic acid groups (broad SMARTS) is 1. The number of aliphatic carboxylic acids is 1. The lowest BCUT2D eigenvalue weighted by Crippen LogP contribution is -2.38. The minimum atomic E-state index is -0.736. The lowest BCUT2D eigenvalue weighted by molar-refractivity contribution is -0.384. The van der Waals surface area contributed by atoms with Gasteiger partial charge in [0.05, 0.1) is 4.92 Å². The van der Waals surface area contributed by atoms with Crippen LogP contribution in [0.2, 0.25) is 0 Å². The van der Waals surface area contributed by atoms with E-state index in [0.717, 1.165) is 38.9 Å². The Morgan fingerprint density at radius 1 is 1.26 bits per heavy atom. The number of likely N-dealkylation sites (tertiary alicyclic amines) is 1. The van der Waals surface area contributed by atoms with Gasteiger partial charge in [0.15, 0.2) is 0 Å². The van der Waals surface area contributed by atoms with Crippen molar-refractivity contribution in [3.8, 4) is 5.75 Å². The number of non-ortho nitro benzene ring substituents is 1. The van der Waals surface area contributed by atoms with E-state index < -0.39 is 10.9 Å². The van der Waals surface area contributed by atoms with Crippen LogP contribution in [0, 0.1) is 10.1 Å². The molecule has 0 aliphatic carbocycles. The van der Waals surface area contributed by atoms with Crippen LogP contribution in [-0.2, 0) is 4.79 Å². The Labute approximate surface area is 135 Å². The highest BCUT2D eigenvalue weighted by atomic mass is 16.6. The molecule has 1 fully saturated rings. The molecule has 0 bridgehead atoms. The average Bonchev–Trinajstić information content (AvgIpc) is 2.53. The third-order valence-corrected chi connectivity index (χ3v) is 4.00. The molecule has 0 amide bonds. The summed E-state index contributed by atoms with van der Waals surface area (Å²) in [4.78, 5) is 23.0. The maximum atomic E-state index is 10.6. The monoisotopic (exact) mass is 322 g/mol. The van der Waals surface area contributed by atoms with Crippen molar-refractivity contribution in [3.05, 3.63) is 34.4 Å². The van der Waals surface area contributed by atoms with Gasteiger partial charge in [0.25, 0.3) is 5.69 Å². The molecule has 7 heteroatoms. The summed E-state index contributed by atoms with van der Waals surface area (Å²) < 4.78 is 5.87. The largest absolute Gasteiger partial charge is 0.490 e. The number of nitro groups is 1. The fourth-order valence-corrected chi connectivity index (χ4v) is 2.70. The normalized spacial score (nSPS) is 16.2. The number of carboxylic acids is 1. The molecule has 0 saturated carbocycles. The fraction of sp³-hybridized carbons (Fsp3) is 0.562. The first-order valence-corrected chi connectivity index (χ1v) is 7.90. The summed E-state index contributed by atoms with van der Waals surface area (Å²) in [5.74, 6) is -0.0734. The van der Waals surface area contributed by atoms with Gasteiger partial charge in [-0.15, -0.1) is 0 Å². The van der Waals surface area contributed by atoms with Gasteiger partial charge in [-0.3, -0.25) is 14.9 Å². The Balaban J connectivity index is 1.68. The predicted molar refractivity (Wildman–Crippen MR) is 84.7 cm³/mol. The molecule has 1 aromatic rings. The number of unbranched alkanes of at least 4 members (excludes halogenated alkanes) is 1. The second kappa shape index (κ2) is 8.47. The average molecular weight is 322 g/mol. The Bertz CT molecular complexity index is 524. The second-order valence-corrected chi connectivity index (χ2v) is 5.76. The molecule has 7 nitrogen and oxygen atoms in total. The van der Waals surface area contributed by atoms with E-state index >= 15 is 0 Å². The van der Waals surface area contributed by atoms with Crippen LogP contribution in [-0.4, -0.2) is 46.6 Å². The number of hydrogen-bond acceptors (Lipinski definition) is 5. The Morgan fingerprint density at radius 2 is 1.91 bits per heavy atom. The van der Waals surface area contributed by atoms with Gasteiger partial charge in [0, 0.05) is 31.6 Å². The molecule has 0 radical (unpaired) electrons. The van der Waals surface area contributed by atoms with Crippen molar-refractivity contribution in [2.75, 3.05) is 19.6 Å². The zero-order chi connectivity index (χ0) is 16.7. The summed E-state index contributed by atoms with van der Waals surface area (Å²) in [7, 11) is 0. The van der Waals surface area contributed by atoms with Crippen molar-refractivity contribution in [3.63, 3.8) is 0 Å². The topological polar surface area (TPSA) is 92.9 Å². The molecular weight excluding hydrogens is 300 g/mol. The summed E-state index contributed by atoms with van der Waals surface area (Å²) in [5.41, 5.74) is 0.0635. The summed E-state index contributed by atoms with van der Waals surface area (Å²) >= 11 is 0. The first-order valence-electron chi connectivity index (χ1n) is 7.90. The van der Waals surface area contributed by atoms with Crippen molar-refractivity contribution < 1.29 is 19.6 Å². The van der Waals surface area contributed by atoms with E-state index in [-0.39, 0.29) is 18.2 Å². The molecule has 0 unspecified atom stereocenters. The molecule has 0 atom stereocenters. The first kappa shape index (κ1) is 17.2. The zero-order valence-corrected chi connectivity index (χ0v) is 13.0. The number of nitro benzene ring substituents is 1. The van der Waals surface area contributed by atoms with Crippen LogP contribution < -0.4 is 4.74 Å². The van der Waals surface area contributed by atoms with E-state index in [1.807, 2.05) is 0 Å². The Hall–Kier alpha value is -2.15. The fourth-order valence-electron chi connectivity index (χ4n) is 2.70. The minimum absolute atomic E-state index is 0.0635. The smallest absolute Gasteiger partial charge is 0.303 e. The number of piperidine rings is 1. The van der Waals surface area contributed by atoms with E-state index in [2.05, 4.69) is 4.90 Å². The van der Waals surface area contributed by atoms with E-state index in [1.165, 1.54) is 12.1 Å². The predicted octanol–water partition coefficient (Wildman–Crippen LogP) is 2.69.